The third-order valence-electron chi connectivity index (χ3n) is 4.00. The predicted molar refractivity (Wildman–Crippen MR) is 96.6 cm³/mol. The second kappa shape index (κ2) is 7.16. The molecule has 0 aliphatic rings. The summed E-state index contributed by atoms with van der Waals surface area (Å²) in [4.78, 5) is 4.48. The molecule has 25 heavy (non-hydrogen) atoms. The Balaban J connectivity index is 1.83. The van der Waals surface area contributed by atoms with Crippen LogP contribution in [0.2, 0.25) is 0 Å². The van der Waals surface area contributed by atoms with Crippen LogP contribution >= 0.6 is 0 Å². The maximum Gasteiger partial charge on any atom is 0.240 e. The topological polar surface area (TPSA) is 87.7 Å². The molecule has 0 fully saturated rings. The lowest BCUT2D eigenvalue weighted by molar-refractivity contribution is 0.580. The molecule has 3 aromatic rings. The molecule has 0 bridgehead atoms. The van der Waals surface area contributed by atoms with Crippen LogP contribution in [0.4, 0.5) is 0 Å². The van der Waals surface area contributed by atoms with Crippen molar-refractivity contribution >= 4 is 10.0 Å². The van der Waals surface area contributed by atoms with E-state index in [-0.39, 0.29) is 4.90 Å². The molecule has 0 atom stereocenters. The highest BCUT2D eigenvalue weighted by Crippen LogP contribution is 2.27. The summed E-state index contributed by atoms with van der Waals surface area (Å²) in [6, 6.07) is 11.0. The van der Waals surface area contributed by atoms with E-state index in [0.717, 1.165) is 22.5 Å². The highest BCUT2D eigenvalue weighted by molar-refractivity contribution is 7.89. The molecule has 1 aromatic carbocycles. The number of H-pyrrole nitrogens is 1. The first-order valence-electron chi connectivity index (χ1n) is 7.98. The highest BCUT2D eigenvalue weighted by Gasteiger charge is 2.19. The molecule has 130 valence electrons. The summed E-state index contributed by atoms with van der Waals surface area (Å²) in [6.07, 6.45) is 3.89. The first kappa shape index (κ1) is 17.3. The molecule has 2 aromatic heterocycles. The van der Waals surface area contributed by atoms with Crippen molar-refractivity contribution in [1.82, 2.24) is 19.9 Å². The number of aryl methyl sites for hydroxylation is 2. The van der Waals surface area contributed by atoms with Gasteiger partial charge in [-0.3, -0.25) is 10.1 Å². The molecule has 2 N–H and O–H groups in total. The average molecular weight is 356 g/mol. The summed E-state index contributed by atoms with van der Waals surface area (Å²) in [5, 5.41) is 6.82. The molecule has 6 nitrogen and oxygen atoms in total. The number of aromatic amines is 1. The van der Waals surface area contributed by atoms with Gasteiger partial charge in [0.25, 0.3) is 0 Å². The summed E-state index contributed by atoms with van der Waals surface area (Å²) in [5.74, 6) is 0. The minimum Gasteiger partial charge on any atom is -0.278 e. The fraction of sp³-hybridized carbons (Fsp3) is 0.222. The molecule has 0 spiro atoms. The molecule has 0 saturated heterocycles. The van der Waals surface area contributed by atoms with Crippen LogP contribution in [0.5, 0.6) is 0 Å². The normalized spacial score (nSPS) is 11.6. The number of hydrogen-bond acceptors (Lipinski definition) is 4. The summed E-state index contributed by atoms with van der Waals surface area (Å²) >= 11 is 0. The van der Waals surface area contributed by atoms with Gasteiger partial charge in [0.05, 0.1) is 10.6 Å². The van der Waals surface area contributed by atoms with E-state index in [1.54, 1.807) is 25.4 Å². The lowest BCUT2D eigenvalue weighted by Gasteiger charge is -2.13. The summed E-state index contributed by atoms with van der Waals surface area (Å²) < 4.78 is 28.1. The minimum atomic E-state index is -3.60. The standard InChI is InChI=1S/C18H20N4O2S/c1-13-11-14(2)18(12-16(13)17-7-9-20-22-17)25(23,24)21-10-6-15-5-3-4-8-19-15/h3-5,7-9,11-12,21H,6,10H2,1-2H3,(H,20,22). The van der Waals surface area contributed by atoms with E-state index < -0.39 is 10.0 Å². The lowest BCUT2D eigenvalue weighted by atomic mass is 10.0. The van der Waals surface area contributed by atoms with Gasteiger partial charge in [-0.15, -0.1) is 0 Å². The molecule has 3 rings (SSSR count). The molecule has 0 aliphatic heterocycles. The zero-order chi connectivity index (χ0) is 17.9. The third kappa shape index (κ3) is 3.94. The van der Waals surface area contributed by atoms with Crippen LogP contribution in [0.3, 0.4) is 0 Å². The third-order valence-corrected chi connectivity index (χ3v) is 5.60. The number of pyridine rings is 1. The van der Waals surface area contributed by atoms with Crippen LogP contribution in [0.1, 0.15) is 16.8 Å². The van der Waals surface area contributed by atoms with Gasteiger partial charge in [-0.25, -0.2) is 13.1 Å². The van der Waals surface area contributed by atoms with E-state index >= 15 is 0 Å². The van der Waals surface area contributed by atoms with E-state index in [2.05, 4.69) is 19.9 Å². The first-order valence-corrected chi connectivity index (χ1v) is 9.46. The van der Waals surface area contributed by atoms with E-state index in [1.807, 2.05) is 37.3 Å². The number of nitrogens with one attached hydrogen (secondary N) is 2. The van der Waals surface area contributed by atoms with Crippen molar-refractivity contribution in [2.75, 3.05) is 6.54 Å². The fourth-order valence-electron chi connectivity index (χ4n) is 2.76. The minimum absolute atomic E-state index is 0.281. The zero-order valence-electron chi connectivity index (χ0n) is 14.2. The Morgan fingerprint density at radius 2 is 1.92 bits per heavy atom. The first-order chi connectivity index (χ1) is 12.0. The van der Waals surface area contributed by atoms with Crippen LogP contribution in [-0.4, -0.2) is 30.1 Å². The van der Waals surface area contributed by atoms with Gasteiger partial charge >= 0.3 is 0 Å². The van der Waals surface area contributed by atoms with Crippen molar-refractivity contribution in [3.63, 3.8) is 0 Å². The van der Waals surface area contributed by atoms with Crippen LogP contribution in [0.15, 0.2) is 53.7 Å². The predicted octanol–water partition coefficient (Wildman–Crippen LogP) is 2.61. The van der Waals surface area contributed by atoms with Gasteiger partial charge in [-0.05, 0) is 49.2 Å². The number of aromatic nitrogens is 3. The Labute approximate surface area is 147 Å². The Kier molecular flexibility index (Phi) is 4.96. The molecule has 7 heteroatoms. The number of benzene rings is 1. The van der Waals surface area contributed by atoms with E-state index in [1.165, 1.54) is 0 Å². The molecule has 0 unspecified atom stereocenters. The number of sulfonamides is 1. The van der Waals surface area contributed by atoms with Crippen LogP contribution < -0.4 is 4.72 Å². The zero-order valence-corrected chi connectivity index (χ0v) is 15.0. The SMILES string of the molecule is Cc1cc(C)c(S(=O)(=O)NCCc2ccccn2)cc1-c1ccn[nH]1. The lowest BCUT2D eigenvalue weighted by Crippen LogP contribution is -2.27. The van der Waals surface area contributed by atoms with Crippen molar-refractivity contribution in [2.45, 2.75) is 25.2 Å². The van der Waals surface area contributed by atoms with E-state index in [9.17, 15) is 8.42 Å². The average Bonchev–Trinajstić information content (AvgIpc) is 3.09. The van der Waals surface area contributed by atoms with Crippen molar-refractivity contribution in [3.8, 4) is 11.3 Å². The quantitative estimate of drug-likeness (QED) is 0.711. The van der Waals surface area contributed by atoms with Gasteiger partial charge in [0.1, 0.15) is 0 Å². The maximum atomic E-state index is 12.7. The Morgan fingerprint density at radius 3 is 2.60 bits per heavy atom. The Hall–Kier alpha value is -2.51. The summed E-state index contributed by atoms with van der Waals surface area (Å²) in [7, 11) is -3.60. The molecule has 0 aliphatic carbocycles. The summed E-state index contributed by atoms with van der Waals surface area (Å²) in [6.45, 7) is 4.05. The second-order valence-corrected chi connectivity index (χ2v) is 7.61. The maximum absolute atomic E-state index is 12.7. The van der Waals surface area contributed by atoms with Crippen LogP contribution in [0.25, 0.3) is 11.3 Å². The number of nitrogens with zero attached hydrogens (tertiary/aromatic N) is 2. The molecular weight excluding hydrogens is 336 g/mol. The second-order valence-electron chi connectivity index (χ2n) is 5.87. The molecule has 0 amide bonds. The monoisotopic (exact) mass is 356 g/mol. The van der Waals surface area contributed by atoms with E-state index in [0.29, 0.717) is 18.5 Å². The van der Waals surface area contributed by atoms with Crippen molar-refractivity contribution < 1.29 is 8.42 Å². The van der Waals surface area contributed by atoms with Crippen molar-refractivity contribution in [3.05, 3.63) is 65.6 Å². The van der Waals surface area contributed by atoms with Crippen LogP contribution in [0, 0.1) is 13.8 Å². The largest absolute Gasteiger partial charge is 0.278 e. The Bertz CT molecular complexity index is 952. The van der Waals surface area contributed by atoms with Crippen molar-refractivity contribution in [1.29, 1.82) is 0 Å². The Morgan fingerprint density at radius 1 is 1.08 bits per heavy atom. The number of rotatable bonds is 6. The van der Waals surface area contributed by atoms with Gasteiger partial charge in [0.15, 0.2) is 0 Å². The van der Waals surface area contributed by atoms with Gasteiger partial charge in [0.2, 0.25) is 10.0 Å². The molecular formula is C18H20N4O2S. The van der Waals surface area contributed by atoms with Gasteiger partial charge in [0, 0.05) is 36.6 Å². The van der Waals surface area contributed by atoms with Crippen LogP contribution in [-0.2, 0) is 16.4 Å². The van der Waals surface area contributed by atoms with Gasteiger partial charge < -0.3 is 0 Å². The molecule has 0 saturated carbocycles. The fourth-order valence-corrected chi connectivity index (χ4v) is 4.04. The van der Waals surface area contributed by atoms with E-state index in [4.69, 9.17) is 0 Å². The van der Waals surface area contributed by atoms with Gasteiger partial charge in [-0.1, -0.05) is 12.1 Å². The molecule has 0 radical (unpaired) electrons. The van der Waals surface area contributed by atoms with Crippen molar-refractivity contribution in [2.24, 2.45) is 0 Å². The summed E-state index contributed by atoms with van der Waals surface area (Å²) in [5.41, 5.74) is 4.18. The highest BCUT2D eigenvalue weighted by atomic mass is 32.2. The number of hydrogen-bond donors (Lipinski definition) is 2. The smallest absolute Gasteiger partial charge is 0.240 e. The van der Waals surface area contributed by atoms with Gasteiger partial charge in [-0.2, -0.15) is 5.10 Å². The molecule has 2 heterocycles.